The molecule has 5 nitrogen and oxygen atoms in total. The van der Waals surface area contributed by atoms with E-state index in [0.29, 0.717) is 35.1 Å². The maximum atomic E-state index is 12.9. The van der Waals surface area contributed by atoms with Gasteiger partial charge >= 0.3 is 0 Å². The molecule has 1 heterocycles. The molecule has 37 heavy (non-hydrogen) atoms. The van der Waals surface area contributed by atoms with Crippen molar-refractivity contribution in [3.05, 3.63) is 98.1 Å². The van der Waals surface area contributed by atoms with Gasteiger partial charge in [-0.2, -0.15) is 0 Å². The molecule has 194 valence electrons. The lowest BCUT2D eigenvalue weighted by Gasteiger charge is -2.18. The van der Waals surface area contributed by atoms with Gasteiger partial charge < -0.3 is 4.42 Å². The quantitative estimate of drug-likeness (QED) is 0.142. The van der Waals surface area contributed by atoms with Crippen LogP contribution in [-0.2, 0) is 0 Å². The molecule has 0 aliphatic rings. The highest BCUT2D eigenvalue weighted by molar-refractivity contribution is 6.10. The van der Waals surface area contributed by atoms with Crippen molar-refractivity contribution in [1.29, 1.82) is 0 Å². The summed E-state index contributed by atoms with van der Waals surface area (Å²) in [5.74, 6) is 0.202. The number of hydrogen-bond donors (Lipinski definition) is 0. The van der Waals surface area contributed by atoms with Crippen LogP contribution < -0.4 is 0 Å². The normalized spacial score (nSPS) is 11.3. The number of furan rings is 1. The number of carbonyl (C=O) groups is 2. The van der Waals surface area contributed by atoms with E-state index in [-0.39, 0.29) is 11.6 Å². The lowest BCUT2D eigenvalue weighted by atomic mass is 10.0. The van der Waals surface area contributed by atoms with Crippen LogP contribution in [0.2, 0.25) is 0 Å². The highest BCUT2D eigenvalue weighted by Gasteiger charge is 2.15. The van der Waals surface area contributed by atoms with Gasteiger partial charge in [0.25, 0.3) is 0 Å². The summed E-state index contributed by atoms with van der Waals surface area (Å²) in [4.78, 5) is 30.3. The zero-order valence-corrected chi connectivity index (χ0v) is 21.8. The molecule has 0 aliphatic heterocycles. The summed E-state index contributed by atoms with van der Waals surface area (Å²) in [5.41, 5.74) is 2.75. The van der Waals surface area contributed by atoms with E-state index in [0.717, 1.165) is 62.9 Å². The molecule has 0 amide bonds. The maximum Gasteiger partial charge on any atom is 0.162 e. The third-order valence-electron chi connectivity index (χ3n) is 6.42. The fourth-order valence-corrected chi connectivity index (χ4v) is 4.58. The number of Topliss-reactive ketones (excluding diaryl/α,β-unsaturated/α-hetero) is 2. The van der Waals surface area contributed by atoms with Crippen molar-refractivity contribution in [1.82, 2.24) is 9.80 Å². The lowest BCUT2D eigenvalue weighted by molar-refractivity contribution is 0.0968. The van der Waals surface area contributed by atoms with Gasteiger partial charge in [0.05, 0.1) is 0 Å². The number of fused-ring (bicyclic) bond motifs is 3. The molecule has 0 saturated heterocycles. The summed E-state index contributed by atoms with van der Waals surface area (Å²) in [6.07, 6.45) is 9.91. The Hall–Kier alpha value is -3.54. The highest BCUT2D eigenvalue weighted by Crippen LogP contribution is 2.31. The third kappa shape index (κ3) is 7.72. The second-order valence-corrected chi connectivity index (χ2v) is 9.25. The van der Waals surface area contributed by atoms with Gasteiger partial charge in [0.2, 0.25) is 0 Å². The van der Waals surface area contributed by atoms with Gasteiger partial charge in [0.1, 0.15) is 11.2 Å². The van der Waals surface area contributed by atoms with Crippen molar-refractivity contribution in [2.45, 2.75) is 25.7 Å². The van der Waals surface area contributed by atoms with Crippen LogP contribution in [0.3, 0.4) is 0 Å². The monoisotopic (exact) mass is 498 g/mol. The number of benzene rings is 2. The van der Waals surface area contributed by atoms with Gasteiger partial charge in [0, 0.05) is 60.9 Å². The van der Waals surface area contributed by atoms with Crippen LogP contribution in [0.5, 0.6) is 0 Å². The van der Waals surface area contributed by atoms with Crippen molar-refractivity contribution in [3.8, 4) is 0 Å². The number of hydrogen-bond acceptors (Lipinski definition) is 5. The summed E-state index contributed by atoms with van der Waals surface area (Å²) < 4.78 is 5.98. The summed E-state index contributed by atoms with van der Waals surface area (Å²) >= 11 is 0. The van der Waals surface area contributed by atoms with Gasteiger partial charge in [-0.05, 0) is 62.3 Å². The minimum atomic E-state index is 0.101. The predicted octanol–water partition coefficient (Wildman–Crippen LogP) is 6.86. The van der Waals surface area contributed by atoms with Crippen LogP contribution in [0.25, 0.3) is 21.9 Å². The fraction of sp³-hybridized carbons (Fsp3) is 0.312. The van der Waals surface area contributed by atoms with Crippen molar-refractivity contribution in [2.75, 3.05) is 39.3 Å². The molecule has 1 aromatic heterocycles. The minimum absolute atomic E-state index is 0.101. The Morgan fingerprint density at radius 1 is 0.649 bits per heavy atom. The Bertz CT molecular complexity index is 1150. The second kappa shape index (κ2) is 14.3. The number of rotatable bonds is 18. The van der Waals surface area contributed by atoms with Gasteiger partial charge in [0.15, 0.2) is 11.6 Å². The van der Waals surface area contributed by atoms with E-state index in [1.165, 1.54) is 0 Å². The Morgan fingerprint density at radius 3 is 1.38 bits per heavy atom. The van der Waals surface area contributed by atoms with E-state index in [2.05, 4.69) is 36.1 Å². The number of ketones is 2. The highest BCUT2D eigenvalue weighted by atomic mass is 16.3. The molecule has 0 aliphatic carbocycles. The Kier molecular flexibility index (Phi) is 10.8. The van der Waals surface area contributed by atoms with Crippen LogP contribution in [-0.4, -0.2) is 60.6 Å². The Morgan fingerprint density at radius 2 is 1.03 bits per heavy atom. The van der Waals surface area contributed by atoms with Crippen molar-refractivity contribution in [2.24, 2.45) is 0 Å². The summed E-state index contributed by atoms with van der Waals surface area (Å²) in [5, 5.41) is 1.72. The third-order valence-corrected chi connectivity index (χ3v) is 6.42. The summed E-state index contributed by atoms with van der Waals surface area (Å²) in [6, 6.07) is 11.1. The molecule has 0 fully saturated rings. The topological polar surface area (TPSA) is 53.8 Å². The first-order chi connectivity index (χ1) is 18.0. The second-order valence-electron chi connectivity index (χ2n) is 9.25. The van der Waals surface area contributed by atoms with E-state index in [9.17, 15) is 9.59 Å². The SMILES string of the molecule is C=CCN(CC=C)CCCC(=O)c1ccc2oc3ccc(C(=O)CCCN(CC=C)CC=C)cc3c2c1. The summed E-state index contributed by atoms with van der Waals surface area (Å²) in [7, 11) is 0. The van der Waals surface area contributed by atoms with Crippen LogP contribution in [0, 0.1) is 0 Å². The zero-order valence-electron chi connectivity index (χ0n) is 21.8. The molecule has 0 bridgehead atoms. The number of carbonyl (C=O) groups excluding carboxylic acids is 2. The van der Waals surface area contributed by atoms with E-state index in [1.807, 2.05) is 60.7 Å². The van der Waals surface area contributed by atoms with Crippen LogP contribution in [0.15, 0.2) is 91.4 Å². The van der Waals surface area contributed by atoms with E-state index in [4.69, 9.17) is 4.42 Å². The molecule has 2 aromatic carbocycles. The molecule has 3 aromatic rings. The van der Waals surface area contributed by atoms with Crippen molar-refractivity contribution >= 4 is 33.5 Å². The molecule has 0 saturated carbocycles. The average molecular weight is 499 g/mol. The Labute approximate surface area is 220 Å². The molecular weight excluding hydrogens is 460 g/mol. The molecule has 0 unspecified atom stereocenters. The lowest BCUT2D eigenvalue weighted by Crippen LogP contribution is -2.25. The Balaban J connectivity index is 1.70. The first-order valence-electron chi connectivity index (χ1n) is 12.9. The van der Waals surface area contributed by atoms with Gasteiger partial charge in [-0.25, -0.2) is 0 Å². The van der Waals surface area contributed by atoms with E-state index in [1.54, 1.807) is 0 Å². The number of nitrogens with zero attached hydrogens (tertiary/aromatic N) is 2. The van der Waals surface area contributed by atoms with Crippen LogP contribution in [0.1, 0.15) is 46.4 Å². The van der Waals surface area contributed by atoms with Crippen molar-refractivity contribution in [3.63, 3.8) is 0 Å². The van der Waals surface area contributed by atoms with Crippen LogP contribution >= 0.6 is 0 Å². The van der Waals surface area contributed by atoms with E-state index < -0.39 is 0 Å². The molecule has 0 atom stereocenters. The molecule has 3 rings (SSSR count). The standard InChI is InChI=1S/C32H38N2O3/c1-5-17-33(18-6-2)21-9-11-29(35)25-13-15-31-27(23-25)28-24-26(14-16-32(28)37-31)30(36)12-10-22-34(19-7-3)20-8-4/h5-8,13-16,23-24H,1-4,9-12,17-22H2. The molecule has 5 heteroatoms. The minimum Gasteiger partial charge on any atom is -0.456 e. The van der Waals surface area contributed by atoms with Gasteiger partial charge in [-0.3, -0.25) is 19.4 Å². The molecule has 0 N–H and O–H groups in total. The molecule has 0 spiro atoms. The van der Waals surface area contributed by atoms with Crippen molar-refractivity contribution < 1.29 is 14.0 Å². The van der Waals surface area contributed by atoms with Crippen LogP contribution in [0.4, 0.5) is 0 Å². The average Bonchev–Trinajstić information content (AvgIpc) is 3.26. The summed E-state index contributed by atoms with van der Waals surface area (Å²) in [6.45, 7) is 19.9. The first-order valence-corrected chi connectivity index (χ1v) is 12.9. The van der Waals surface area contributed by atoms with Gasteiger partial charge in [-0.15, -0.1) is 26.3 Å². The smallest absolute Gasteiger partial charge is 0.162 e. The maximum absolute atomic E-state index is 12.9. The first kappa shape index (κ1) is 28.0. The van der Waals surface area contributed by atoms with Gasteiger partial charge in [-0.1, -0.05) is 24.3 Å². The van der Waals surface area contributed by atoms with E-state index >= 15 is 0 Å². The predicted molar refractivity (Wildman–Crippen MR) is 155 cm³/mol. The molecular formula is C32H38N2O3. The molecule has 0 radical (unpaired) electrons. The largest absolute Gasteiger partial charge is 0.456 e. The zero-order chi connectivity index (χ0) is 26.6. The fourth-order valence-electron chi connectivity index (χ4n) is 4.58.